The standard InChI is InChI=1S/C27H42N7O19P3S/c1-14(8-17(36)37)9-18(38)57-7-6-29-16(35)4-5-30-25(41)22(40)27(2,3)11-50-56(47,48)53-55(45,46)49-10-15-21(52-54(42,43)44)20(39)26(51-15)34-13-33-19-23(28)31-12-32-24(19)34/h8,12-13,15,20-22,26,39-40H,4-7,9-11H2,1-3H3,(H,29,35)(H,30,41)(H,36,37)(H,45,46)(H,47,48)(H2,28,31,32)(H2,42,43,44)/b14-8+. The first-order valence-electron chi connectivity index (χ1n) is 16.3. The molecule has 30 heteroatoms. The summed E-state index contributed by atoms with van der Waals surface area (Å²) in [5.41, 5.74) is 4.56. The number of imidazole rings is 1. The lowest BCUT2D eigenvalue weighted by atomic mass is 9.87. The third kappa shape index (κ3) is 15.1. The van der Waals surface area contributed by atoms with Gasteiger partial charge in [-0.15, -0.1) is 0 Å². The van der Waals surface area contributed by atoms with E-state index in [4.69, 9.17) is 24.6 Å². The Balaban J connectivity index is 1.48. The number of amides is 2. The quantitative estimate of drug-likeness (QED) is 0.0388. The number of nitrogen functional groups attached to an aromatic ring is 1. The fraction of sp³-hybridized carbons (Fsp3) is 0.593. The number of anilines is 1. The molecular formula is C27H42N7O19P3S. The number of carboxylic acid groups (broad SMARTS) is 1. The number of hydrogen-bond acceptors (Lipinski definition) is 19. The van der Waals surface area contributed by atoms with Crippen molar-refractivity contribution in [3.8, 4) is 0 Å². The molecule has 1 aliphatic rings. The average Bonchev–Trinajstić information content (AvgIpc) is 3.64. The molecular weight excluding hydrogens is 851 g/mol. The zero-order chi connectivity index (χ0) is 42.9. The maximum Gasteiger partial charge on any atom is 0.481 e. The lowest BCUT2D eigenvalue weighted by molar-refractivity contribution is -0.137. The lowest BCUT2D eigenvalue weighted by Gasteiger charge is -2.30. The van der Waals surface area contributed by atoms with Crippen LogP contribution in [-0.4, -0.2) is 134 Å². The largest absolute Gasteiger partial charge is 0.481 e. The van der Waals surface area contributed by atoms with Gasteiger partial charge in [0.25, 0.3) is 0 Å². The summed E-state index contributed by atoms with van der Waals surface area (Å²) in [4.78, 5) is 98.0. The summed E-state index contributed by atoms with van der Waals surface area (Å²) in [6.07, 6.45) is -6.25. The number of carbonyl (C=O) groups excluding carboxylic acids is 3. The molecule has 1 aliphatic heterocycles. The molecule has 11 N–H and O–H groups in total. The van der Waals surface area contributed by atoms with E-state index in [0.717, 1.165) is 35.1 Å². The van der Waals surface area contributed by atoms with Crippen LogP contribution < -0.4 is 16.4 Å². The number of aliphatic hydroxyl groups is 2. The Morgan fingerprint density at radius 2 is 1.74 bits per heavy atom. The number of phosphoric ester groups is 3. The number of carboxylic acids is 1. The number of rotatable bonds is 22. The maximum atomic E-state index is 12.7. The molecule has 320 valence electrons. The highest BCUT2D eigenvalue weighted by molar-refractivity contribution is 8.13. The minimum absolute atomic E-state index is 0.0194. The second kappa shape index (κ2) is 20.2. The predicted octanol–water partition coefficient (Wildman–Crippen LogP) is -0.914. The number of nitrogens with two attached hydrogens (primary N) is 1. The number of aromatic nitrogens is 4. The summed E-state index contributed by atoms with van der Waals surface area (Å²) < 4.78 is 62.0. The van der Waals surface area contributed by atoms with Crippen molar-refractivity contribution in [1.82, 2.24) is 30.2 Å². The average molecular weight is 894 g/mol. The van der Waals surface area contributed by atoms with E-state index in [1.54, 1.807) is 0 Å². The molecule has 0 spiro atoms. The Hall–Kier alpha value is -3.23. The second-order valence-electron chi connectivity index (χ2n) is 12.8. The monoisotopic (exact) mass is 893 g/mol. The molecule has 3 heterocycles. The van der Waals surface area contributed by atoms with Crippen LogP contribution >= 0.6 is 35.2 Å². The normalized spacial score (nSPS) is 21.7. The molecule has 0 aliphatic carbocycles. The van der Waals surface area contributed by atoms with Gasteiger partial charge in [-0.1, -0.05) is 31.2 Å². The Labute approximate surface area is 327 Å². The number of aliphatic carboxylic acids is 1. The third-order valence-electron chi connectivity index (χ3n) is 7.56. The summed E-state index contributed by atoms with van der Waals surface area (Å²) in [5, 5.41) is 34.6. The molecule has 0 radical (unpaired) electrons. The topological polar surface area (TPSA) is 401 Å². The van der Waals surface area contributed by atoms with Crippen molar-refractivity contribution in [3.63, 3.8) is 0 Å². The van der Waals surface area contributed by atoms with E-state index in [9.17, 15) is 62.7 Å². The van der Waals surface area contributed by atoms with Gasteiger partial charge in [-0.05, 0) is 6.92 Å². The highest BCUT2D eigenvalue weighted by Crippen LogP contribution is 2.61. The smallest absolute Gasteiger partial charge is 0.478 e. The molecule has 0 aromatic carbocycles. The Morgan fingerprint density at radius 3 is 2.39 bits per heavy atom. The number of allylic oxidation sites excluding steroid dienone is 1. The molecule has 2 amide bonds. The zero-order valence-corrected chi connectivity index (χ0v) is 33.7. The molecule has 2 aromatic heterocycles. The van der Waals surface area contributed by atoms with Gasteiger partial charge in [-0.2, -0.15) is 4.31 Å². The van der Waals surface area contributed by atoms with E-state index in [2.05, 4.69) is 34.4 Å². The van der Waals surface area contributed by atoms with Crippen LogP contribution in [-0.2, 0) is 55.5 Å². The van der Waals surface area contributed by atoms with Crippen LogP contribution in [0, 0.1) is 5.41 Å². The molecule has 0 saturated carbocycles. The van der Waals surface area contributed by atoms with Crippen molar-refractivity contribution in [2.75, 3.05) is 37.8 Å². The van der Waals surface area contributed by atoms with Gasteiger partial charge >= 0.3 is 29.4 Å². The number of nitrogens with one attached hydrogen (secondary N) is 2. The molecule has 1 fully saturated rings. The summed E-state index contributed by atoms with van der Waals surface area (Å²) in [6, 6.07) is 0. The Morgan fingerprint density at radius 1 is 1.07 bits per heavy atom. The molecule has 2 aromatic rings. The molecule has 3 rings (SSSR count). The van der Waals surface area contributed by atoms with E-state index in [1.165, 1.54) is 20.8 Å². The summed E-state index contributed by atoms with van der Waals surface area (Å²) in [5.74, 6) is -2.55. The fourth-order valence-electron chi connectivity index (χ4n) is 4.84. The summed E-state index contributed by atoms with van der Waals surface area (Å²) in [7, 11) is -16.4. The number of hydrogen-bond donors (Lipinski definition) is 10. The number of nitrogens with zero attached hydrogens (tertiary/aromatic N) is 4. The predicted molar refractivity (Wildman–Crippen MR) is 193 cm³/mol. The van der Waals surface area contributed by atoms with E-state index < -0.39 is 90.5 Å². The number of ether oxygens (including phenoxy) is 1. The van der Waals surface area contributed by atoms with Crippen LogP contribution in [0.4, 0.5) is 5.82 Å². The molecule has 7 unspecified atom stereocenters. The maximum absolute atomic E-state index is 12.7. The van der Waals surface area contributed by atoms with Gasteiger partial charge in [0, 0.05) is 43.2 Å². The van der Waals surface area contributed by atoms with Crippen LogP contribution in [0.3, 0.4) is 0 Å². The minimum Gasteiger partial charge on any atom is -0.478 e. The van der Waals surface area contributed by atoms with Gasteiger partial charge in [-0.25, -0.2) is 33.4 Å². The second-order valence-corrected chi connectivity index (χ2v) is 18.2. The zero-order valence-electron chi connectivity index (χ0n) is 30.2. The van der Waals surface area contributed by atoms with Gasteiger partial charge in [0.1, 0.15) is 36.3 Å². The van der Waals surface area contributed by atoms with Crippen molar-refractivity contribution in [2.24, 2.45) is 5.41 Å². The Kier molecular flexibility index (Phi) is 17.0. The summed E-state index contributed by atoms with van der Waals surface area (Å²) in [6.45, 7) is 1.72. The van der Waals surface area contributed by atoms with E-state index in [-0.39, 0.29) is 53.8 Å². The highest BCUT2D eigenvalue weighted by Gasteiger charge is 2.50. The first kappa shape index (κ1) is 48.1. The van der Waals surface area contributed by atoms with Gasteiger partial charge in [-0.3, -0.25) is 32.5 Å². The van der Waals surface area contributed by atoms with Crippen LogP contribution in [0.1, 0.15) is 39.8 Å². The summed E-state index contributed by atoms with van der Waals surface area (Å²) >= 11 is 0.892. The van der Waals surface area contributed by atoms with Gasteiger partial charge in [0.2, 0.25) is 11.8 Å². The molecule has 1 saturated heterocycles. The number of carbonyl (C=O) groups is 4. The molecule has 7 atom stereocenters. The van der Waals surface area contributed by atoms with Crippen molar-refractivity contribution in [2.45, 2.75) is 64.3 Å². The van der Waals surface area contributed by atoms with Gasteiger partial charge < -0.3 is 56.0 Å². The lowest BCUT2D eigenvalue weighted by Crippen LogP contribution is -2.46. The van der Waals surface area contributed by atoms with E-state index in [0.29, 0.717) is 5.57 Å². The van der Waals surface area contributed by atoms with Gasteiger partial charge in [0.05, 0.1) is 19.5 Å². The van der Waals surface area contributed by atoms with Crippen molar-refractivity contribution < 1.29 is 90.4 Å². The number of phosphoric acid groups is 3. The first-order valence-corrected chi connectivity index (χ1v) is 21.8. The molecule has 26 nitrogen and oxygen atoms in total. The van der Waals surface area contributed by atoms with Crippen molar-refractivity contribution >= 4 is 75.1 Å². The number of thioether (sulfide) groups is 1. The van der Waals surface area contributed by atoms with E-state index >= 15 is 0 Å². The molecule has 0 bridgehead atoms. The number of aliphatic hydroxyl groups excluding tert-OH is 2. The first-order chi connectivity index (χ1) is 26.3. The number of fused-ring (bicyclic) bond motifs is 1. The van der Waals surface area contributed by atoms with Gasteiger partial charge in [0.15, 0.2) is 22.8 Å². The SMILES string of the molecule is C/C(=C\C(=O)O)CC(=O)SCCNC(=O)CCNC(=O)C(O)C(C)(C)COP(=O)(O)OP(=O)(O)OCC1OC(n2cnc3c(N)ncnc32)C(O)C1OP(=O)(O)O. The van der Waals surface area contributed by atoms with Crippen LogP contribution in [0.15, 0.2) is 24.3 Å². The highest BCUT2D eigenvalue weighted by atomic mass is 32.2. The van der Waals surface area contributed by atoms with Crippen LogP contribution in [0.2, 0.25) is 0 Å². The Bertz CT molecular complexity index is 1960. The fourth-order valence-corrected chi connectivity index (χ4v) is 8.43. The van der Waals surface area contributed by atoms with E-state index in [1.807, 2.05) is 0 Å². The minimum atomic E-state index is -5.59. The van der Waals surface area contributed by atoms with Crippen LogP contribution in [0.5, 0.6) is 0 Å². The van der Waals surface area contributed by atoms with Crippen molar-refractivity contribution in [1.29, 1.82) is 0 Å². The van der Waals surface area contributed by atoms with Crippen LogP contribution in [0.25, 0.3) is 11.2 Å². The van der Waals surface area contributed by atoms with Crippen molar-refractivity contribution in [3.05, 3.63) is 24.3 Å². The third-order valence-corrected chi connectivity index (χ3v) is 11.5. The molecule has 57 heavy (non-hydrogen) atoms.